The maximum absolute atomic E-state index is 12.6. The Morgan fingerprint density at radius 3 is 2.28 bits per heavy atom. The molecule has 1 N–H and O–H groups in total. The maximum Gasteiger partial charge on any atom is 0.318 e. The summed E-state index contributed by atoms with van der Waals surface area (Å²) in [6, 6.07) is 16.2. The second kappa shape index (κ2) is 10.9. The van der Waals surface area contributed by atoms with Crippen LogP contribution in [0, 0.1) is 26.1 Å². The number of rotatable bonds is 9. The second-order valence-electron chi connectivity index (χ2n) is 10.2. The molecule has 0 aliphatic heterocycles. The van der Waals surface area contributed by atoms with Crippen LogP contribution in [0.5, 0.6) is 17.2 Å². The van der Waals surface area contributed by atoms with Gasteiger partial charge in [-0.1, -0.05) is 45.0 Å². The Kier molecular flexibility index (Phi) is 7.61. The molecule has 1 amide bonds. The zero-order valence-corrected chi connectivity index (χ0v) is 21.9. The fraction of sp³-hybridized carbons (Fsp3) is 0.286. The molecule has 1 saturated carbocycles. The zero-order chi connectivity index (χ0) is 28.3. The van der Waals surface area contributed by atoms with Crippen molar-refractivity contribution in [1.29, 1.82) is 0 Å². The van der Waals surface area contributed by atoms with Crippen molar-refractivity contribution in [2.75, 3.05) is 7.11 Å². The van der Waals surface area contributed by atoms with E-state index in [4.69, 9.17) is 9.47 Å². The smallest absolute Gasteiger partial charge is 0.318 e. The highest BCUT2D eigenvalue weighted by Crippen LogP contribution is 2.47. The van der Waals surface area contributed by atoms with Gasteiger partial charge in [0, 0.05) is 12.0 Å². The summed E-state index contributed by atoms with van der Waals surface area (Å²) in [4.78, 5) is 33.4. The number of hydrogen-bond donors (Lipinski definition) is 1. The molecule has 11 nitrogen and oxygen atoms in total. The average Bonchev–Trinajstić information content (AvgIpc) is 3.70. The predicted octanol–water partition coefficient (Wildman–Crippen LogP) is 5.86. The molecular formula is C28H28N4O7. The van der Waals surface area contributed by atoms with Crippen molar-refractivity contribution in [2.24, 2.45) is 11.0 Å². The fourth-order valence-corrected chi connectivity index (χ4v) is 4.15. The molecule has 39 heavy (non-hydrogen) atoms. The summed E-state index contributed by atoms with van der Waals surface area (Å²) in [5, 5.41) is 26.4. The number of nitro groups is 2. The second-order valence-corrected chi connectivity index (χ2v) is 10.2. The van der Waals surface area contributed by atoms with E-state index in [1.54, 1.807) is 12.1 Å². The molecule has 0 saturated heterocycles. The lowest BCUT2D eigenvalue weighted by Gasteiger charge is -2.19. The van der Waals surface area contributed by atoms with Crippen LogP contribution >= 0.6 is 0 Å². The van der Waals surface area contributed by atoms with E-state index >= 15 is 0 Å². The van der Waals surface area contributed by atoms with Crippen molar-refractivity contribution in [2.45, 2.75) is 38.5 Å². The normalized spacial score (nSPS) is 16.5. The molecule has 0 spiro atoms. The Balaban J connectivity index is 1.39. The standard InChI is InChI=1S/C28H28N4O7/c1-28(2,3)19-8-6-18(7-9-19)21-15-22(21)27(33)30-29-16-17-5-11-25(26(13-17)38-4)39-24-12-10-20(31(34)35)14-23(24)32(36)37/h5-14,16,21-22H,15H2,1-4H3,(H,30,33). The van der Waals surface area contributed by atoms with Gasteiger partial charge in [-0.05, 0) is 58.7 Å². The van der Waals surface area contributed by atoms with Gasteiger partial charge in [0.15, 0.2) is 11.5 Å². The predicted molar refractivity (Wildman–Crippen MR) is 145 cm³/mol. The van der Waals surface area contributed by atoms with Crippen molar-refractivity contribution in [3.05, 3.63) is 97.6 Å². The van der Waals surface area contributed by atoms with Crippen LogP contribution in [0.1, 0.15) is 49.8 Å². The molecule has 3 aromatic rings. The van der Waals surface area contributed by atoms with Crippen LogP contribution in [0.15, 0.2) is 65.8 Å². The Bertz CT molecular complexity index is 1450. The number of methoxy groups -OCH3 is 1. The Labute approximate surface area is 224 Å². The van der Waals surface area contributed by atoms with Crippen molar-refractivity contribution in [3.63, 3.8) is 0 Å². The summed E-state index contributed by atoms with van der Waals surface area (Å²) in [6.45, 7) is 6.48. The van der Waals surface area contributed by atoms with E-state index in [9.17, 15) is 25.0 Å². The molecule has 202 valence electrons. The summed E-state index contributed by atoms with van der Waals surface area (Å²) in [7, 11) is 1.40. The fourth-order valence-electron chi connectivity index (χ4n) is 4.15. The summed E-state index contributed by atoms with van der Waals surface area (Å²) in [5.41, 5.74) is 4.65. The first kappa shape index (κ1) is 27.2. The van der Waals surface area contributed by atoms with Crippen LogP contribution in [-0.4, -0.2) is 29.1 Å². The lowest BCUT2D eigenvalue weighted by Crippen LogP contribution is -2.20. The molecule has 0 heterocycles. The first-order valence-electron chi connectivity index (χ1n) is 12.2. The summed E-state index contributed by atoms with van der Waals surface area (Å²) >= 11 is 0. The number of benzene rings is 3. The van der Waals surface area contributed by atoms with E-state index in [2.05, 4.69) is 55.6 Å². The molecule has 0 aromatic heterocycles. The number of nitro benzene ring substituents is 2. The minimum atomic E-state index is -0.760. The number of carbonyl (C=O) groups excluding carboxylic acids is 1. The number of hydrogen-bond acceptors (Lipinski definition) is 8. The molecule has 1 aliphatic rings. The molecule has 11 heteroatoms. The van der Waals surface area contributed by atoms with Crippen molar-refractivity contribution < 1.29 is 24.1 Å². The molecule has 0 bridgehead atoms. The number of hydrazone groups is 1. The highest BCUT2D eigenvalue weighted by molar-refractivity contribution is 5.86. The van der Waals surface area contributed by atoms with Crippen LogP contribution in [-0.2, 0) is 10.2 Å². The third-order valence-corrected chi connectivity index (χ3v) is 6.48. The summed E-state index contributed by atoms with van der Waals surface area (Å²) < 4.78 is 11.0. The highest BCUT2D eigenvalue weighted by atomic mass is 16.6. The van der Waals surface area contributed by atoms with Gasteiger partial charge in [0.05, 0.1) is 29.2 Å². The molecule has 3 aromatic carbocycles. The Hall–Kier alpha value is -4.80. The van der Waals surface area contributed by atoms with E-state index in [1.807, 2.05) is 0 Å². The zero-order valence-electron chi connectivity index (χ0n) is 21.9. The Morgan fingerprint density at radius 2 is 1.67 bits per heavy atom. The first-order valence-corrected chi connectivity index (χ1v) is 12.2. The van der Waals surface area contributed by atoms with Crippen LogP contribution in [0.2, 0.25) is 0 Å². The van der Waals surface area contributed by atoms with Gasteiger partial charge in [-0.3, -0.25) is 25.0 Å². The van der Waals surface area contributed by atoms with Gasteiger partial charge in [0.25, 0.3) is 5.69 Å². The van der Waals surface area contributed by atoms with Crippen molar-refractivity contribution in [1.82, 2.24) is 5.43 Å². The van der Waals surface area contributed by atoms with Crippen molar-refractivity contribution >= 4 is 23.5 Å². The monoisotopic (exact) mass is 532 g/mol. The van der Waals surface area contributed by atoms with Gasteiger partial charge in [-0.25, -0.2) is 5.43 Å². The Morgan fingerprint density at radius 1 is 0.974 bits per heavy atom. The van der Waals surface area contributed by atoms with Gasteiger partial charge in [-0.2, -0.15) is 5.10 Å². The maximum atomic E-state index is 12.6. The number of amides is 1. The van der Waals surface area contributed by atoms with E-state index in [0.717, 1.165) is 30.2 Å². The van der Waals surface area contributed by atoms with Crippen LogP contribution < -0.4 is 14.9 Å². The number of non-ortho nitro benzene ring substituents is 1. The minimum Gasteiger partial charge on any atom is -0.493 e. The summed E-state index contributed by atoms with van der Waals surface area (Å²) in [6.07, 6.45) is 2.22. The molecule has 1 fully saturated rings. The number of nitrogens with one attached hydrogen (secondary N) is 1. The van der Waals surface area contributed by atoms with Crippen LogP contribution in [0.25, 0.3) is 0 Å². The quantitative estimate of drug-likeness (QED) is 0.206. The number of ether oxygens (including phenoxy) is 2. The summed E-state index contributed by atoms with van der Waals surface area (Å²) in [5.74, 6) is 0.116. The molecule has 4 rings (SSSR count). The number of nitrogens with zero attached hydrogens (tertiary/aromatic N) is 3. The van der Waals surface area contributed by atoms with Crippen LogP contribution in [0.3, 0.4) is 0 Å². The molecular weight excluding hydrogens is 504 g/mol. The SMILES string of the molecule is COc1cc(C=NNC(=O)C2CC2c2ccc(C(C)(C)C)cc2)ccc1Oc1ccc([N+](=O)[O-])cc1[N+](=O)[O-]. The third-order valence-electron chi connectivity index (χ3n) is 6.48. The van der Waals surface area contributed by atoms with E-state index in [0.29, 0.717) is 5.56 Å². The van der Waals surface area contributed by atoms with Crippen LogP contribution in [0.4, 0.5) is 11.4 Å². The number of carbonyl (C=O) groups is 1. The van der Waals surface area contributed by atoms with Gasteiger partial charge < -0.3 is 9.47 Å². The van der Waals surface area contributed by atoms with Gasteiger partial charge in [0.1, 0.15) is 0 Å². The van der Waals surface area contributed by atoms with E-state index < -0.39 is 21.2 Å². The largest absolute Gasteiger partial charge is 0.493 e. The van der Waals surface area contributed by atoms with Crippen molar-refractivity contribution in [3.8, 4) is 17.2 Å². The lowest BCUT2D eigenvalue weighted by atomic mass is 9.86. The van der Waals surface area contributed by atoms with E-state index in [1.165, 1.54) is 25.0 Å². The van der Waals surface area contributed by atoms with Gasteiger partial charge >= 0.3 is 5.69 Å². The highest BCUT2D eigenvalue weighted by Gasteiger charge is 2.44. The molecule has 2 unspecified atom stereocenters. The van der Waals surface area contributed by atoms with Gasteiger partial charge in [-0.15, -0.1) is 0 Å². The topological polar surface area (TPSA) is 146 Å². The molecule has 0 radical (unpaired) electrons. The third kappa shape index (κ3) is 6.38. The first-order chi connectivity index (χ1) is 18.5. The average molecular weight is 533 g/mol. The lowest BCUT2D eigenvalue weighted by molar-refractivity contribution is -0.394. The molecule has 2 atom stereocenters. The van der Waals surface area contributed by atoms with Gasteiger partial charge in [0.2, 0.25) is 11.7 Å². The molecule has 1 aliphatic carbocycles. The van der Waals surface area contributed by atoms with E-state index in [-0.39, 0.29) is 40.4 Å². The minimum absolute atomic E-state index is 0.0727.